The highest BCUT2D eigenvalue weighted by Crippen LogP contribution is 2.49. The predicted molar refractivity (Wildman–Crippen MR) is 39.7 cm³/mol. The zero-order valence-corrected chi connectivity index (χ0v) is 6.59. The van der Waals surface area contributed by atoms with Crippen LogP contribution in [0.25, 0.3) is 0 Å². The summed E-state index contributed by atoms with van der Waals surface area (Å²) in [5, 5.41) is 13.0. The Bertz CT molecular complexity index is 155. The molecule has 0 aromatic heterocycles. The summed E-state index contributed by atoms with van der Waals surface area (Å²) in [4.78, 5) is 0. The van der Waals surface area contributed by atoms with Crippen LogP contribution in [0.5, 0.6) is 0 Å². The highest BCUT2D eigenvalue weighted by molar-refractivity contribution is 5.11. The molecule has 2 heteroatoms. The number of aliphatic hydroxyl groups excluding tert-OH is 1. The summed E-state index contributed by atoms with van der Waals surface area (Å²) in [6.45, 7) is 5.37. The molecule has 10 heavy (non-hydrogen) atoms. The van der Waals surface area contributed by atoms with Crippen LogP contribution in [-0.4, -0.2) is 23.8 Å². The van der Waals surface area contributed by atoms with Crippen LogP contribution in [0.1, 0.15) is 20.3 Å². The summed E-state index contributed by atoms with van der Waals surface area (Å²) in [5.74, 6) is 0.551. The van der Waals surface area contributed by atoms with Crippen molar-refractivity contribution in [2.75, 3.05) is 6.54 Å². The first-order valence-corrected chi connectivity index (χ1v) is 4.05. The quantitative estimate of drug-likeness (QED) is 0.510. The van der Waals surface area contributed by atoms with Crippen molar-refractivity contribution < 1.29 is 5.11 Å². The highest BCUT2D eigenvalue weighted by atomic mass is 16.3. The molecule has 2 aliphatic rings. The fourth-order valence-electron chi connectivity index (χ4n) is 2.50. The minimum atomic E-state index is -0.0625. The van der Waals surface area contributed by atoms with Gasteiger partial charge in [-0.2, -0.15) is 0 Å². The Kier molecular flexibility index (Phi) is 1.15. The maximum absolute atomic E-state index is 9.61. The van der Waals surface area contributed by atoms with E-state index in [0.29, 0.717) is 12.0 Å². The number of hydrogen-bond donors (Lipinski definition) is 2. The Morgan fingerprint density at radius 3 is 2.80 bits per heavy atom. The standard InChI is InChI=1S/C8H15NO/c1-8(2)6-5(7(8)10)3-4-9-6/h5-7,9-10H,3-4H2,1-2H3/t5-,6+,7?/m0/s1. The molecule has 1 unspecified atom stereocenters. The zero-order chi connectivity index (χ0) is 7.35. The number of nitrogens with one attached hydrogen (secondary N) is 1. The third-order valence-corrected chi connectivity index (χ3v) is 3.24. The summed E-state index contributed by atoms with van der Waals surface area (Å²) in [5.41, 5.74) is 0.126. The van der Waals surface area contributed by atoms with Crippen LogP contribution in [-0.2, 0) is 0 Å². The topological polar surface area (TPSA) is 32.3 Å². The summed E-state index contributed by atoms with van der Waals surface area (Å²) < 4.78 is 0. The van der Waals surface area contributed by atoms with E-state index >= 15 is 0 Å². The SMILES string of the molecule is CC1(C)C(O)[C@H]2CCN[C@H]21. The van der Waals surface area contributed by atoms with Gasteiger partial charge in [0.25, 0.3) is 0 Å². The van der Waals surface area contributed by atoms with E-state index in [1.807, 2.05) is 0 Å². The molecule has 3 atom stereocenters. The van der Waals surface area contributed by atoms with Crippen LogP contribution in [0.2, 0.25) is 0 Å². The van der Waals surface area contributed by atoms with Gasteiger partial charge in [0.05, 0.1) is 6.10 Å². The van der Waals surface area contributed by atoms with Gasteiger partial charge in [0.15, 0.2) is 0 Å². The van der Waals surface area contributed by atoms with Gasteiger partial charge in [-0.1, -0.05) is 13.8 Å². The largest absolute Gasteiger partial charge is 0.392 e. The van der Waals surface area contributed by atoms with E-state index in [0.717, 1.165) is 13.0 Å². The maximum atomic E-state index is 9.61. The second kappa shape index (κ2) is 1.74. The van der Waals surface area contributed by atoms with E-state index in [2.05, 4.69) is 19.2 Å². The predicted octanol–water partition coefficient (Wildman–Crippen LogP) is 0.365. The normalized spacial score (nSPS) is 50.1. The third kappa shape index (κ3) is 0.565. The van der Waals surface area contributed by atoms with Crippen molar-refractivity contribution in [3.05, 3.63) is 0 Å². The van der Waals surface area contributed by atoms with Crippen molar-refractivity contribution in [1.29, 1.82) is 0 Å². The summed E-state index contributed by atoms with van der Waals surface area (Å²) in [6, 6.07) is 0.586. The van der Waals surface area contributed by atoms with Gasteiger partial charge < -0.3 is 10.4 Å². The molecule has 2 rings (SSSR count). The summed E-state index contributed by atoms with van der Waals surface area (Å²) in [7, 11) is 0. The lowest BCUT2D eigenvalue weighted by atomic mass is 9.58. The van der Waals surface area contributed by atoms with Crippen molar-refractivity contribution >= 4 is 0 Å². The van der Waals surface area contributed by atoms with Gasteiger partial charge in [-0.15, -0.1) is 0 Å². The Balaban J connectivity index is 2.15. The van der Waals surface area contributed by atoms with E-state index in [-0.39, 0.29) is 11.5 Å². The molecule has 0 aromatic carbocycles. The van der Waals surface area contributed by atoms with Gasteiger partial charge >= 0.3 is 0 Å². The first kappa shape index (κ1) is 6.62. The molecule has 1 aliphatic heterocycles. The fraction of sp³-hybridized carbons (Fsp3) is 1.00. The van der Waals surface area contributed by atoms with E-state index in [1.165, 1.54) is 0 Å². The lowest BCUT2D eigenvalue weighted by molar-refractivity contribution is -0.113. The van der Waals surface area contributed by atoms with Crippen LogP contribution >= 0.6 is 0 Å². The van der Waals surface area contributed by atoms with E-state index < -0.39 is 0 Å². The molecular weight excluding hydrogens is 126 g/mol. The summed E-state index contributed by atoms with van der Waals surface area (Å²) in [6.07, 6.45) is 1.10. The Labute approximate surface area is 61.6 Å². The van der Waals surface area contributed by atoms with Gasteiger partial charge in [-0.25, -0.2) is 0 Å². The van der Waals surface area contributed by atoms with Crippen molar-refractivity contribution in [2.24, 2.45) is 11.3 Å². The first-order valence-electron chi connectivity index (χ1n) is 4.05. The van der Waals surface area contributed by atoms with Crippen LogP contribution in [0.4, 0.5) is 0 Å². The molecule has 2 nitrogen and oxygen atoms in total. The molecular formula is C8H15NO. The summed E-state index contributed by atoms with van der Waals surface area (Å²) >= 11 is 0. The van der Waals surface area contributed by atoms with Gasteiger partial charge in [0.2, 0.25) is 0 Å². The monoisotopic (exact) mass is 141 g/mol. The Hall–Kier alpha value is -0.0800. The van der Waals surface area contributed by atoms with Crippen molar-refractivity contribution in [3.8, 4) is 0 Å². The molecule has 1 saturated carbocycles. The molecule has 0 amide bonds. The van der Waals surface area contributed by atoms with E-state index in [1.54, 1.807) is 0 Å². The molecule has 1 saturated heterocycles. The Morgan fingerprint density at radius 1 is 1.50 bits per heavy atom. The van der Waals surface area contributed by atoms with Gasteiger partial charge in [-0.05, 0) is 13.0 Å². The first-order chi connectivity index (χ1) is 4.64. The number of aliphatic hydroxyl groups is 1. The molecule has 1 aliphatic carbocycles. The van der Waals surface area contributed by atoms with E-state index in [4.69, 9.17) is 0 Å². The smallest absolute Gasteiger partial charge is 0.0649 e. The minimum Gasteiger partial charge on any atom is -0.392 e. The lowest BCUT2D eigenvalue weighted by Crippen LogP contribution is -2.63. The molecule has 58 valence electrons. The highest BCUT2D eigenvalue weighted by Gasteiger charge is 2.57. The molecule has 0 bridgehead atoms. The fourth-order valence-corrected chi connectivity index (χ4v) is 2.50. The van der Waals surface area contributed by atoms with Gasteiger partial charge in [0.1, 0.15) is 0 Å². The van der Waals surface area contributed by atoms with Crippen LogP contribution in [0.15, 0.2) is 0 Å². The molecule has 0 radical (unpaired) electrons. The van der Waals surface area contributed by atoms with E-state index in [9.17, 15) is 5.11 Å². The van der Waals surface area contributed by atoms with Gasteiger partial charge in [-0.3, -0.25) is 0 Å². The molecule has 1 heterocycles. The average Bonchev–Trinajstić information content (AvgIpc) is 2.31. The van der Waals surface area contributed by atoms with Crippen LogP contribution in [0, 0.1) is 11.3 Å². The van der Waals surface area contributed by atoms with Crippen molar-refractivity contribution in [2.45, 2.75) is 32.4 Å². The number of hydrogen-bond acceptors (Lipinski definition) is 2. The van der Waals surface area contributed by atoms with Gasteiger partial charge in [0, 0.05) is 17.4 Å². The number of fused-ring (bicyclic) bond motifs is 1. The second-order valence-corrected chi connectivity index (χ2v) is 4.15. The number of rotatable bonds is 0. The van der Waals surface area contributed by atoms with Crippen molar-refractivity contribution in [3.63, 3.8) is 0 Å². The Morgan fingerprint density at radius 2 is 2.20 bits per heavy atom. The maximum Gasteiger partial charge on any atom is 0.0649 e. The zero-order valence-electron chi connectivity index (χ0n) is 6.59. The molecule has 0 aromatic rings. The van der Waals surface area contributed by atoms with Crippen molar-refractivity contribution in [1.82, 2.24) is 5.32 Å². The van der Waals surface area contributed by atoms with Crippen LogP contribution < -0.4 is 5.32 Å². The molecule has 2 fully saturated rings. The lowest BCUT2D eigenvalue weighted by Gasteiger charge is -2.52. The second-order valence-electron chi connectivity index (χ2n) is 4.15. The molecule has 0 spiro atoms. The third-order valence-electron chi connectivity index (χ3n) is 3.24. The van der Waals surface area contributed by atoms with Crippen LogP contribution in [0.3, 0.4) is 0 Å². The average molecular weight is 141 g/mol. The molecule has 2 N–H and O–H groups in total. The minimum absolute atomic E-state index is 0.0625.